The average molecular weight is 341 g/mol. The largest absolute Gasteiger partial charge is 0.384 e. The van der Waals surface area contributed by atoms with E-state index < -0.39 is 11.6 Å². The highest BCUT2D eigenvalue weighted by Gasteiger charge is 2.15. The minimum Gasteiger partial charge on any atom is -0.384 e. The molecule has 0 N–H and O–H groups in total. The van der Waals surface area contributed by atoms with E-state index in [1.165, 1.54) is 12.1 Å². The van der Waals surface area contributed by atoms with Gasteiger partial charge in [0.1, 0.15) is 11.6 Å². The van der Waals surface area contributed by atoms with E-state index in [1.54, 1.807) is 7.11 Å². The van der Waals surface area contributed by atoms with Crippen LogP contribution in [-0.2, 0) is 11.2 Å². The summed E-state index contributed by atoms with van der Waals surface area (Å²) >= 11 is 3.46. The maximum atomic E-state index is 13.7. The highest BCUT2D eigenvalue weighted by molar-refractivity contribution is 9.09. The number of halogens is 3. The van der Waals surface area contributed by atoms with Crippen molar-refractivity contribution in [1.29, 1.82) is 0 Å². The maximum Gasteiger partial charge on any atom is 0.130 e. The van der Waals surface area contributed by atoms with Crippen LogP contribution in [0.5, 0.6) is 0 Å². The quantitative estimate of drug-likeness (QED) is 0.720. The summed E-state index contributed by atoms with van der Waals surface area (Å²) in [5, 5.41) is 0. The number of rotatable bonds is 5. The number of benzene rings is 2. The smallest absolute Gasteiger partial charge is 0.130 e. The van der Waals surface area contributed by atoms with E-state index in [-0.39, 0.29) is 4.83 Å². The first kappa shape index (κ1) is 15.1. The molecule has 0 saturated heterocycles. The van der Waals surface area contributed by atoms with Gasteiger partial charge in [-0.15, -0.1) is 0 Å². The Kier molecular flexibility index (Phi) is 5.26. The summed E-state index contributed by atoms with van der Waals surface area (Å²) in [6.45, 7) is 0.670. The van der Waals surface area contributed by atoms with Gasteiger partial charge in [0.05, 0.1) is 11.4 Å². The van der Waals surface area contributed by atoms with Crippen molar-refractivity contribution in [3.63, 3.8) is 0 Å². The summed E-state index contributed by atoms with van der Waals surface area (Å²) in [5.74, 6) is -1.11. The molecule has 106 valence electrons. The summed E-state index contributed by atoms with van der Waals surface area (Å²) in [7, 11) is 1.67. The third-order valence-electron chi connectivity index (χ3n) is 3.10. The molecular weight excluding hydrogens is 326 g/mol. The zero-order valence-electron chi connectivity index (χ0n) is 11.1. The summed E-state index contributed by atoms with van der Waals surface area (Å²) in [4.78, 5) is -0.292. The Bertz CT molecular complexity index is 569. The van der Waals surface area contributed by atoms with Gasteiger partial charge < -0.3 is 4.74 Å². The van der Waals surface area contributed by atoms with Gasteiger partial charge in [-0.2, -0.15) is 0 Å². The standard InChI is InChI=1S/C16H15BrF2O/c1-20-9-8-11-2-4-12(5-3-11)16(17)14-7-6-13(18)10-15(14)19/h2-7,10,16H,8-9H2,1H3. The first-order valence-electron chi connectivity index (χ1n) is 6.28. The molecule has 0 aliphatic heterocycles. The van der Waals surface area contributed by atoms with Crippen LogP contribution in [0.15, 0.2) is 42.5 Å². The van der Waals surface area contributed by atoms with Gasteiger partial charge in [0.2, 0.25) is 0 Å². The van der Waals surface area contributed by atoms with Crippen molar-refractivity contribution in [2.45, 2.75) is 11.2 Å². The van der Waals surface area contributed by atoms with Crippen LogP contribution in [0.2, 0.25) is 0 Å². The van der Waals surface area contributed by atoms with Crippen molar-refractivity contribution >= 4 is 15.9 Å². The predicted octanol–water partition coefficient (Wildman–Crippen LogP) is 4.64. The van der Waals surface area contributed by atoms with E-state index >= 15 is 0 Å². The number of ether oxygens (including phenoxy) is 1. The second-order valence-electron chi connectivity index (χ2n) is 4.51. The highest BCUT2D eigenvalue weighted by atomic mass is 79.9. The molecule has 2 rings (SSSR count). The lowest BCUT2D eigenvalue weighted by atomic mass is 10.0. The Hall–Kier alpha value is -1.26. The number of hydrogen-bond donors (Lipinski definition) is 0. The Labute approximate surface area is 125 Å². The number of methoxy groups -OCH3 is 1. The molecule has 4 heteroatoms. The normalized spacial score (nSPS) is 12.4. The van der Waals surface area contributed by atoms with Crippen LogP contribution in [0.3, 0.4) is 0 Å². The van der Waals surface area contributed by atoms with Crippen molar-refractivity contribution in [1.82, 2.24) is 0 Å². The number of alkyl halides is 1. The van der Waals surface area contributed by atoms with Crippen molar-refractivity contribution in [3.05, 3.63) is 70.8 Å². The van der Waals surface area contributed by atoms with Crippen LogP contribution in [0.25, 0.3) is 0 Å². The molecule has 1 atom stereocenters. The molecule has 0 aromatic heterocycles. The van der Waals surface area contributed by atoms with Crippen molar-refractivity contribution in [2.75, 3.05) is 13.7 Å². The number of hydrogen-bond acceptors (Lipinski definition) is 1. The first-order chi connectivity index (χ1) is 9.61. The molecule has 0 spiro atoms. The van der Waals surface area contributed by atoms with Gasteiger partial charge in [0.25, 0.3) is 0 Å². The van der Waals surface area contributed by atoms with Crippen LogP contribution in [0.1, 0.15) is 21.5 Å². The molecule has 0 heterocycles. The zero-order valence-corrected chi connectivity index (χ0v) is 12.7. The van der Waals surface area contributed by atoms with E-state index in [9.17, 15) is 8.78 Å². The van der Waals surface area contributed by atoms with Crippen molar-refractivity contribution in [2.24, 2.45) is 0 Å². The monoisotopic (exact) mass is 340 g/mol. The van der Waals surface area contributed by atoms with Crippen LogP contribution < -0.4 is 0 Å². The predicted molar refractivity (Wildman–Crippen MR) is 79.2 cm³/mol. The molecule has 20 heavy (non-hydrogen) atoms. The van der Waals surface area contributed by atoms with Gasteiger partial charge in [-0.05, 0) is 23.6 Å². The van der Waals surface area contributed by atoms with Crippen LogP contribution in [0.4, 0.5) is 8.78 Å². The lowest BCUT2D eigenvalue weighted by Crippen LogP contribution is -1.99. The molecule has 0 fully saturated rings. The molecule has 1 unspecified atom stereocenters. The second-order valence-corrected chi connectivity index (χ2v) is 5.43. The van der Waals surface area contributed by atoms with Gasteiger partial charge in [-0.25, -0.2) is 8.78 Å². The molecule has 2 aromatic carbocycles. The third kappa shape index (κ3) is 3.64. The van der Waals surface area contributed by atoms with E-state index in [2.05, 4.69) is 15.9 Å². The molecule has 0 saturated carbocycles. The van der Waals surface area contributed by atoms with Crippen LogP contribution in [0, 0.1) is 11.6 Å². The Balaban J connectivity index is 2.18. The summed E-state index contributed by atoms with van der Waals surface area (Å²) in [5.41, 5.74) is 2.52. The molecule has 2 aromatic rings. The lowest BCUT2D eigenvalue weighted by molar-refractivity contribution is 0.202. The summed E-state index contributed by atoms with van der Waals surface area (Å²) in [6, 6.07) is 11.5. The van der Waals surface area contributed by atoms with Crippen molar-refractivity contribution in [3.8, 4) is 0 Å². The fourth-order valence-electron chi connectivity index (χ4n) is 1.96. The fraction of sp³-hybridized carbons (Fsp3) is 0.250. The van der Waals surface area contributed by atoms with Gasteiger partial charge in [0.15, 0.2) is 0 Å². The van der Waals surface area contributed by atoms with E-state index in [0.29, 0.717) is 12.2 Å². The highest BCUT2D eigenvalue weighted by Crippen LogP contribution is 2.32. The Morgan fingerprint density at radius 3 is 2.40 bits per heavy atom. The van der Waals surface area contributed by atoms with Crippen molar-refractivity contribution < 1.29 is 13.5 Å². The second kappa shape index (κ2) is 6.95. The SMILES string of the molecule is COCCc1ccc(C(Br)c2ccc(F)cc2F)cc1. The van der Waals surface area contributed by atoms with Crippen LogP contribution >= 0.6 is 15.9 Å². The zero-order chi connectivity index (χ0) is 14.5. The first-order valence-corrected chi connectivity index (χ1v) is 7.20. The average Bonchev–Trinajstić information content (AvgIpc) is 2.45. The maximum absolute atomic E-state index is 13.7. The van der Waals surface area contributed by atoms with Crippen LogP contribution in [-0.4, -0.2) is 13.7 Å². The molecule has 0 aliphatic rings. The van der Waals surface area contributed by atoms with E-state index in [0.717, 1.165) is 23.6 Å². The minimum atomic E-state index is -0.569. The van der Waals surface area contributed by atoms with E-state index in [4.69, 9.17) is 4.74 Å². The lowest BCUT2D eigenvalue weighted by Gasteiger charge is -2.12. The van der Waals surface area contributed by atoms with Gasteiger partial charge in [0, 0.05) is 18.7 Å². The summed E-state index contributed by atoms with van der Waals surface area (Å²) in [6.07, 6.45) is 0.842. The molecule has 0 amide bonds. The molecular formula is C16H15BrF2O. The Morgan fingerprint density at radius 2 is 1.80 bits per heavy atom. The molecule has 0 radical (unpaired) electrons. The minimum absolute atomic E-state index is 0.292. The molecule has 1 nitrogen and oxygen atoms in total. The van der Waals surface area contributed by atoms with Gasteiger partial charge in [-0.1, -0.05) is 46.3 Å². The van der Waals surface area contributed by atoms with Gasteiger partial charge >= 0.3 is 0 Å². The summed E-state index contributed by atoms with van der Waals surface area (Å²) < 4.78 is 31.7. The van der Waals surface area contributed by atoms with Gasteiger partial charge in [-0.3, -0.25) is 0 Å². The Morgan fingerprint density at radius 1 is 1.10 bits per heavy atom. The van der Waals surface area contributed by atoms with E-state index in [1.807, 2.05) is 24.3 Å². The fourth-order valence-corrected chi connectivity index (χ4v) is 2.64. The topological polar surface area (TPSA) is 9.23 Å². The third-order valence-corrected chi connectivity index (χ3v) is 4.12. The molecule has 0 aliphatic carbocycles. The molecule has 0 bridgehead atoms.